The van der Waals surface area contributed by atoms with Crippen molar-refractivity contribution in [2.24, 2.45) is 5.92 Å². The third-order valence-corrected chi connectivity index (χ3v) is 2.70. The zero-order valence-electron chi connectivity index (χ0n) is 11.6. The number of aliphatic hydroxyl groups excluding tert-OH is 1. The van der Waals surface area contributed by atoms with Crippen LogP contribution in [0.1, 0.15) is 37.8 Å². The second kappa shape index (κ2) is 8.34. The van der Waals surface area contributed by atoms with Gasteiger partial charge in [0.15, 0.2) is 0 Å². The van der Waals surface area contributed by atoms with Gasteiger partial charge in [-0.3, -0.25) is 4.79 Å². The van der Waals surface area contributed by atoms with Crippen LogP contribution in [-0.4, -0.2) is 17.6 Å². The highest BCUT2D eigenvalue weighted by molar-refractivity contribution is 5.75. The predicted molar refractivity (Wildman–Crippen MR) is 76.3 cm³/mol. The Morgan fingerprint density at radius 1 is 1.32 bits per heavy atom. The fourth-order valence-corrected chi connectivity index (χ4v) is 1.56. The molecule has 102 valence electrons. The van der Waals surface area contributed by atoms with Crippen molar-refractivity contribution in [1.82, 2.24) is 5.32 Å². The van der Waals surface area contributed by atoms with Gasteiger partial charge in [0.05, 0.1) is 0 Å². The molecule has 0 saturated carbocycles. The number of hydrogen-bond donors (Lipinski definition) is 2. The minimum Gasteiger partial charge on any atom is -0.384 e. The van der Waals surface area contributed by atoms with Gasteiger partial charge in [-0.05, 0) is 30.0 Å². The van der Waals surface area contributed by atoms with Crippen LogP contribution in [0, 0.1) is 17.8 Å². The van der Waals surface area contributed by atoms with E-state index in [2.05, 4.69) is 31.0 Å². The molecule has 0 saturated heterocycles. The molecule has 0 aliphatic rings. The van der Waals surface area contributed by atoms with Gasteiger partial charge in [-0.25, -0.2) is 0 Å². The van der Waals surface area contributed by atoms with Crippen LogP contribution in [0.25, 0.3) is 0 Å². The number of aliphatic hydroxyl groups is 1. The van der Waals surface area contributed by atoms with Crippen molar-refractivity contribution in [1.29, 1.82) is 0 Å². The van der Waals surface area contributed by atoms with Crippen LogP contribution in [0.2, 0.25) is 0 Å². The second-order valence-electron chi connectivity index (χ2n) is 4.87. The number of benzene rings is 1. The Labute approximate surface area is 115 Å². The maximum atomic E-state index is 11.6. The quantitative estimate of drug-likeness (QED) is 0.795. The summed E-state index contributed by atoms with van der Waals surface area (Å²) >= 11 is 0. The van der Waals surface area contributed by atoms with Crippen LogP contribution in [0.3, 0.4) is 0 Å². The maximum absolute atomic E-state index is 11.6. The van der Waals surface area contributed by atoms with Crippen LogP contribution < -0.4 is 5.32 Å². The van der Waals surface area contributed by atoms with Gasteiger partial charge in [-0.15, -0.1) is 0 Å². The lowest BCUT2D eigenvalue weighted by Gasteiger charge is -2.07. The standard InChI is InChI=1S/C16H21NO2/c1-13(2)5-10-16(19)17-12-15-8-6-14(7-9-15)4-3-11-18/h6-9,13,18H,5,10-12H2,1-2H3,(H,17,19). The van der Waals surface area contributed by atoms with Crippen LogP contribution in [0.15, 0.2) is 24.3 Å². The van der Waals surface area contributed by atoms with Crippen LogP contribution >= 0.6 is 0 Å². The molecule has 0 atom stereocenters. The summed E-state index contributed by atoms with van der Waals surface area (Å²) in [6, 6.07) is 7.64. The Morgan fingerprint density at radius 3 is 2.58 bits per heavy atom. The average molecular weight is 259 g/mol. The highest BCUT2D eigenvalue weighted by Crippen LogP contribution is 2.05. The maximum Gasteiger partial charge on any atom is 0.220 e. The molecule has 0 aromatic heterocycles. The monoisotopic (exact) mass is 259 g/mol. The van der Waals surface area contributed by atoms with Gasteiger partial charge in [0, 0.05) is 18.5 Å². The first-order chi connectivity index (χ1) is 9.11. The van der Waals surface area contributed by atoms with Gasteiger partial charge < -0.3 is 10.4 Å². The molecule has 1 aromatic rings. The summed E-state index contributed by atoms with van der Waals surface area (Å²) in [7, 11) is 0. The molecule has 3 heteroatoms. The molecule has 2 N–H and O–H groups in total. The molecule has 0 aliphatic heterocycles. The minimum atomic E-state index is -0.131. The van der Waals surface area contributed by atoms with E-state index in [0.29, 0.717) is 18.9 Å². The lowest BCUT2D eigenvalue weighted by molar-refractivity contribution is -0.121. The van der Waals surface area contributed by atoms with Crippen molar-refractivity contribution in [2.75, 3.05) is 6.61 Å². The van der Waals surface area contributed by atoms with Gasteiger partial charge in [0.2, 0.25) is 5.91 Å². The Hall–Kier alpha value is -1.79. The largest absolute Gasteiger partial charge is 0.384 e. The van der Waals surface area contributed by atoms with E-state index in [0.717, 1.165) is 17.5 Å². The number of carbonyl (C=O) groups excluding carboxylic acids is 1. The fourth-order valence-electron chi connectivity index (χ4n) is 1.56. The van der Waals surface area contributed by atoms with Gasteiger partial charge in [0.1, 0.15) is 6.61 Å². The summed E-state index contributed by atoms with van der Waals surface area (Å²) in [5.74, 6) is 6.08. The molecule has 0 unspecified atom stereocenters. The zero-order chi connectivity index (χ0) is 14.1. The summed E-state index contributed by atoms with van der Waals surface area (Å²) in [5, 5.41) is 11.5. The Kier molecular flexibility index (Phi) is 6.70. The van der Waals surface area contributed by atoms with Crippen LogP contribution in [0.5, 0.6) is 0 Å². The smallest absolute Gasteiger partial charge is 0.220 e. The fraction of sp³-hybridized carbons (Fsp3) is 0.438. The van der Waals surface area contributed by atoms with Crippen molar-refractivity contribution >= 4 is 5.91 Å². The molecule has 1 amide bonds. The first-order valence-electron chi connectivity index (χ1n) is 6.57. The molecule has 0 radical (unpaired) electrons. The third-order valence-electron chi connectivity index (χ3n) is 2.70. The molecule has 3 nitrogen and oxygen atoms in total. The van der Waals surface area contributed by atoms with Gasteiger partial charge in [-0.1, -0.05) is 37.8 Å². The van der Waals surface area contributed by atoms with E-state index in [1.54, 1.807) is 0 Å². The van der Waals surface area contributed by atoms with Crippen LogP contribution in [0.4, 0.5) is 0 Å². The van der Waals surface area contributed by atoms with Crippen molar-refractivity contribution in [3.63, 3.8) is 0 Å². The minimum absolute atomic E-state index is 0.0952. The Morgan fingerprint density at radius 2 is 2.00 bits per heavy atom. The molecule has 0 heterocycles. The van der Waals surface area contributed by atoms with Gasteiger partial charge >= 0.3 is 0 Å². The summed E-state index contributed by atoms with van der Waals surface area (Å²) in [6.07, 6.45) is 1.50. The number of rotatable bonds is 5. The van der Waals surface area contributed by atoms with E-state index >= 15 is 0 Å². The zero-order valence-corrected chi connectivity index (χ0v) is 11.6. The van der Waals surface area contributed by atoms with Gasteiger partial charge in [0.25, 0.3) is 0 Å². The SMILES string of the molecule is CC(C)CCC(=O)NCc1ccc(C#CCO)cc1. The lowest BCUT2D eigenvalue weighted by Crippen LogP contribution is -2.22. The third kappa shape index (κ3) is 6.64. The predicted octanol–water partition coefficient (Wildman–Crippen LogP) is 2.08. The number of carbonyl (C=O) groups is 1. The van der Waals surface area contributed by atoms with Crippen molar-refractivity contribution < 1.29 is 9.90 Å². The second-order valence-corrected chi connectivity index (χ2v) is 4.87. The molecule has 0 bridgehead atoms. The van der Waals surface area contributed by atoms with Crippen molar-refractivity contribution in [2.45, 2.75) is 33.2 Å². The summed E-state index contributed by atoms with van der Waals surface area (Å²) < 4.78 is 0. The first-order valence-corrected chi connectivity index (χ1v) is 6.57. The summed E-state index contributed by atoms with van der Waals surface area (Å²) in [6.45, 7) is 4.64. The first kappa shape index (κ1) is 15.3. The normalized spacial score (nSPS) is 9.89. The molecular formula is C16H21NO2. The van der Waals surface area contributed by atoms with E-state index in [9.17, 15) is 4.79 Å². The van der Waals surface area contributed by atoms with E-state index in [1.165, 1.54) is 0 Å². The van der Waals surface area contributed by atoms with E-state index in [1.807, 2.05) is 24.3 Å². The average Bonchev–Trinajstić information content (AvgIpc) is 2.41. The molecule has 0 spiro atoms. The molecule has 0 aliphatic carbocycles. The molecule has 19 heavy (non-hydrogen) atoms. The van der Waals surface area contributed by atoms with Gasteiger partial charge in [-0.2, -0.15) is 0 Å². The van der Waals surface area contributed by atoms with Crippen molar-refractivity contribution in [3.05, 3.63) is 35.4 Å². The lowest BCUT2D eigenvalue weighted by atomic mass is 10.1. The van der Waals surface area contributed by atoms with Crippen LogP contribution in [-0.2, 0) is 11.3 Å². The summed E-state index contributed by atoms with van der Waals surface area (Å²) in [5.41, 5.74) is 1.91. The molecule has 1 rings (SSSR count). The van der Waals surface area contributed by atoms with E-state index in [-0.39, 0.29) is 12.5 Å². The summed E-state index contributed by atoms with van der Waals surface area (Å²) in [4.78, 5) is 11.6. The molecular weight excluding hydrogens is 238 g/mol. The number of hydrogen-bond acceptors (Lipinski definition) is 2. The Bertz CT molecular complexity index is 452. The molecule has 1 aromatic carbocycles. The Balaban J connectivity index is 2.39. The topological polar surface area (TPSA) is 49.3 Å². The highest BCUT2D eigenvalue weighted by Gasteiger charge is 2.03. The van der Waals surface area contributed by atoms with Crippen molar-refractivity contribution in [3.8, 4) is 11.8 Å². The molecule has 0 fully saturated rings. The van der Waals surface area contributed by atoms with E-state index in [4.69, 9.17) is 5.11 Å². The van der Waals surface area contributed by atoms with E-state index < -0.39 is 0 Å². The highest BCUT2D eigenvalue weighted by atomic mass is 16.2. The number of nitrogens with one attached hydrogen (secondary N) is 1. The number of amides is 1.